The molecule has 4 N–H and O–H groups in total. The fourth-order valence-corrected chi connectivity index (χ4v) is 3.74. The summed E-state index contributed by atoms with van der Waals surface area (Å²) in [5, 5.41) is 3.77. The predicted molar refractivity (Wildman–Crippen MR) is 158 cm³/mol. The highest BCUT2D eigenvalue weighted by atomic mass is 16.6. The molecule has 222 valence electrons. The van der Waals surface area contributed by atoms with Gasteiger partial charge in [0.15, 0.2) is 11.0 Å². The molecule has 0 saturated carbocycles. The van der Waals surface area contributed by atoms with Crippen LogP contribution in [0.25, 0.3) is 32.7 Å². The number of benzene rings is 2. The van der Waals surface area contributed by atoms with Crippen molar-refractivity contribution >= 4 is 28.0 Å². The van der Waals surface area contributed by atoms with E-state index in [2.05, 4.69) is 14.9 Å². The molecular weight excluding hydrogens is 532 g/mol. The number of anilines is 3. The minimum atomic E-state index is -0.174. The van der Waals surface area contributed by atoms with Crippen molar-refractivity contribution in [1.82, 2.24) is 0 Å². The van der Waals surface area contributed by atoms with E-state index in [1.54, 1.807) is 12.1 Å². The van der Waals surface area contributed by atoms with Crippen molar-refractivity contribution < 1.29 is 28.1 Å². The number of azide groups is 1. The lowest BCUT2D eigenvalue weighted by Crippen LogP contribution is -2.23. The second-order valence-corrected chi connectivity index (χ2v) is 8.90. The standard InChI is InChI=1S/C28H38N6O7/c1-34(9-11-37-13-15-39-17-19-40-18-16-38-14-12-36-10-8-32-33-31)22-4-2-21(3-5-22)26-20-25(35)23-6-7-24(29)27(30)28(23)41-26/h2-7,20H,8-19,29-30H2,1H3. The summed E-state index contributed by atoms with van der Waals surface area (Å²) in [5.41, 5.74) is 22.6. The molecule has 1 heterocycles. The Hall–Kier alpha value is -3.84. The number of hydrogen-bond acceptors (Lipinski definition) is 11. The summed E-state index contributed by atoms with van der Waals surface area (Å²) in [4.78, 5) is 17.3. The van der Waals surface area contributed by atoms with Crippen LogP contribution in [0.1, 0.15) is 0 Å². The second kappa shape index (κ2) is 17.8. The van der Waals surface area contributed by atoms with Crippen molar-refractivity contribution in [2.75, 3.05) is 103 Å². The lowest BCUT2D eigenvalue weighted by Gasteiger charge is -2.19. The van der Waals surface area contributed by atoms with Crippen molar-refractivity contribution in [3.8, 4) is 11.3 Å². The van der Waals surface area contributed by atoms with Gasteiger partial charge < -0.3 is 44.5 Å². The Bertz CT molecular complexity index is 1310. The zero-order valence-electron chi connectivity index (χ0n) is 23.3. The Morgan fingerprint density at radius 1 is 0.829 bits per heavy atom. The molecule has 0 saturated heterocycles. The molecule has 41 heavy (non-hydrogen) atoms. The third-order valence-corrected chi connectivity index (χ3v) is 6.02. The van der Waals surface area contributed by atoms with Crippen LogP contribution < -0.4 is 21.8 Å². The van der Waals surface area contributed by atoms with Gasteiger partial charge in [0.2, 0.25) is 0 Å². The molecule has 0 atom stereocenters. The third-order valence-electron chi connectivity index (χ3n) is 6.02. The van der Waals surface area contributed by atoms with Crippen LogP contribution in [0.5, 0.6) is 0 Å². The van der Waals surface area contributed by atoms with Crippen LogP contribution in [0.2, 0.25) is 0 Å². The van der Waals surface area contributed by atoms with E-state index in [-0.39, 0.29) is 11.1 Å². The molecule has 3 aromatic rings. The van der Waals surface area contributed by atoms with E-state index >= 15 is 0 Å². The number of ether oxygens (including phenoxy) is 5. The lowest BCUT2D eigenvalue weighted by molar-refractivity contribution is -0.0100. The number of nitrogen functional groups attached to an aromatic ring is 2. The van der Waals surface area contributed by atoms with E-state index in [1.165, 1.54) is 6.07 Å². The summed E-state index contributed by atoms with van der Waals surface area (Å²) in [7, 11) is 1.98. The fraction of sp³-hybridized carbons (Fsp3) is 0.464. The van der Waals surface area contributed by atoms with Gasteiger partial charge in [0.25, 0.3) is 0 Å². The van der Waals surface area contributed by atoms with Crippen LogP contribution in [-0.2, 0) is 23.7 Å². The van der Waals surface area contributed by atoms with Gasteiger partial charge in [-0.15, -0.1) is 0 Å². The number of nitrogens with two attached hydrogens (primary N) is 2. The first-order chi connectivity index (χ1) is 20.0. The Balaban J connectivity index is 1.24. The summed E-state index contributed by atoms with van der Waals surface area (Å²) in [5.74, 6) is 0.429. The van der Waals surface area contributed by atoms with Gasteiger partial charge in [0.1, 0.15) is 5.76 Å². The van der Waals surface area contributed by atoms with E-state index in [4.69, 9.17) is 45.1 Å². The minimum Gasteiger partial charge on any atom is -0.454 e. The summed E-state index contributed by atoms with van der Waals surface area (Å²) in [6.07, 6.45) is 0. The molecule has 13 heteroatoms. The maximum absolute atomic E-state index is 12.5. The molecule has 0 radical (unpaired) electrons. The lowest BCUT2D eigenvalue weighted by atomic mass is 10.1. The summed E-state index contributed by atoms with van der Waals surface area (Å²) < 4.78 is 33.2. The van der Waals surface area contributed by atoms with E-state index in [1.807, 2.05) is 31.3 Å². The molecule has 0 aliphatic rings. The van der Waals surface area contributed by atoms with Crippen LogP contribution in [0.4, 0.5) is 17.1 Å². The summed E-state index contributed by atoms with van der Waals surface area (Å²) in [6, 6.07) is 12.4. The van der Waals surface area contributed by atoms with Crippen molar-refractivity contribution in [2.45, 2.75) is 0 Å². The van der Waals surface area contributed by atoms with Gasteiger partial charge >= 0.3 is 0 Å². The molecule has 0 bridgehead atoms. The van der Waals surface area contributed by atoms with Gasteiger partial charge in [-0.3, -0.25) is 4.79 Å². The van der Waals surface area contributed by atoms with Gasteiger partial charge in [-0.1, -0.05) is 5.11 Å². The molecule has 3 rings (SSSR count). The first kappa shape index (κ1) is 31.7. The molecular formula is C28H38N6O7. The number of nitrogens with zero attached hydrogens (tertiary/aromatic N) is 4. The predicted octanol–water partition coefficient (Wildman–Crippen LogP) is 3.45. The maximum Gasteiger partial charge on any atom is 0.193 e. The van der Waals surface area contributed by atoms with Crippen LogP contribution in [0, 0.1) is 0 Å². The maximum atomic E-state index is 12.5. The van der Waals surface area contributed by atoms with Gasteiger partial charge in [-0.25, -0.2) is 0 Å². The highest BCUT2D eigenvalue weighted by Gasteiger charge is 2.12. The second-order valence-electron chi connectivity index (χ2n) is 8.90. The number of rotatable bonds is 20. The highest BCUT2D eigenvalue weighted by Crippen LogP contribution is 2.29. The largest absolute Gasteiger partial charge is 0.454 e. The first-order valence-electron chi connectivity index (χ1n) is 13.3. The van der Waals surface area contributed by atoms with Crippen LogP contribution in [-0.4, -0.2) is 86.2 Å². The van der Waals surface area contributed by atoms with E-state index < -0.39 is 0 Å². The SMILES string of the molecule is CN(CCOCCOCCOCCOCCOCCN=[N+]=[N-])c1ccc(-c2cc(=O)c3ccc(N)c(N)c3o2)cc1. The molecule has 0 aliphatic heterocycles. The quantitative estimate of drug-likeness (QED) is 0.0671. The number of hydrogen-bond donors (Lipinski definition) is 2. The first-order valence-corrected chi connectivity index (χ1v) is 13.3. The topological polar surface area (TPSA) is 180 Å². The van der Waals surface area contributed by atoms with Crippen LogP contribution in [0.3, 0.4) is 0 Å². The molecule has 0 amide bonds. The molecule has 1 aromatic heterocycles. The molecule has 0 spiro atoms. The van der Waals surface area contributed by atoms with Gasteiger partial charge in [-0.05, 0) is 41.9 Å². The normalized spacial score (nSPS) is 11.0. The molecule has 2 aromatic carbocycles. The Morgan fingerprint density at radius 3 is 1.98 bits per heavy atom. The molecule has 0 fully saturated rings. The smallest absolute Gasteiger partial charge is 0.193 e. The highest BCUT2D eigenvalue weighted by molar-refractivity contribution is 5.94. The molecule has 0 unspecified atom stereocenters. The van der Waals surface area contributed by atoms with Crippen molar-refractivity contribution in [1.29, 1.82) is 0 Å². The number of likely N-dealkylation sites (N-methyl/N-ethyl adjacent to an activating group) is 1. The Labute approximate surface area is 238 Å². The Kier molecular flexibility index (Phi) is 13.7. The van der Waals surface area contributed by atoms with E-state index in [0.29, 0.717) is 102 Å². The van der Waals surface area contributed by atoms with Crippen molar-refractivity contribution in [3.63, 3.8) is 0 Å². The fourth-order valence-electron chi connectivity index (χ4n) is 3.74. The average molecular weight is 571 g/mol. The van der Waals surface area contributed by atoms with E-state index in [9.17, 15) is 4.79 Å². The minimum absolute atomic E-state index is 0.174. The van der Waals surface area contributed by atoms with Crippen LogP contribution >= 0.6 is 0 Å². The monoisotopic (exact) mass is 570 g/mol. The van der Waals surface area contributed by atoms with Crippen molar-refractivity contribution in [3.05, 3.63) is 63.1 Å². The third kappa shape index (κ3) is 10.6. The van der Waals surface area contributed by atoms with Crippen LogP contribution in [0.15, 0.2) is 56.8 Å². The zero-order valence-corrected chi connectivity index (χ0v) is 23.3. The summed E-state index contributed by atoms with van der Waals surface area (Å²) in [6.45, 7) is 5.76. The van der Waals surface area contributed by atoms with Gasteiger partial charge in [0.05, 0.1) is 82.8 Å². The molecule has 0 aliphatic carbocycles. The van der Waals surface area contributed by atoms with Crippen molar-refractivity contribution in [2.24, 2.45) is 5.11 Å². The molecule has 13 nitrogen and oxygen atoms in total. The van der Waals surface area contributed by atoms with Gasteiger partial charge in [-0.2, -0.15) is 0 Å². The Morgan fingerprint density at radius 2 is 1.39 bits per heavy atom. The number of fused-ring (bicyclic) bond motifs is 1. The van der Waals surface area contributed by atoms with E-state index in [0.717, 1.165) is 11.3 Å². The average Bonchev–Trinajstić information content (AvgIpc) is 2.98. The zero-order chi connectivity index (χ0) is 29.3. The summed E-state index contributed by atoms with van der Waals surface area (Å²) >= 11 is 0. The van der Waals surface area contributed by atoms with Gasteiger partial charge in [0, 0.05) is 42.4 Å².